The van der Waals surface area contributed by atoms with Gasteiger partial charge in [0.25, 0.3) is 0 Å². The molecule has 2 rings (SSSR count). The van der Waals surface area contributed by atoms with Crippen LogP contribution in [0.1, 0.15) is 32.3 Å². The number of hydrogen-bond donors (Lipinski definition) is 1. The van der Waals surface area contributed by atoms with Gasteiger partial charge in [-0.15, -0.1) is 0 Å². The maximum atomic E-state index is 9.77. The Kier molecular flexibility index (Phi) is 3.80. The molecule has 90 valence electrons. The second-order valence-corrected chi connectivity index (χ2v) is 4.70. The van der Waals surface area contributed by atoms with Crippen molar-refractivity contribution in [2.75, 3.05) is 0 Å². The number of aliphatic hydroxyl groups excluding tert-OH is 1. The molecule has 0 saturated heterocycles. The molecule has 0 saturated carbocycles. The van der Waals surface area contributed by atoms with Crippen LogP contribution >= 0.6 is 0 Å². The molecule has 17 heavy (non-hydrogen) atoms. The Morgan fingerprint density at radius 1 is 1.24 bits per heavy atom. The van der Waals surface area contributed by atoms with E-state index in [0.29, 0.717) is 5.92 Å². The van der Waals surface area contributed by atoms with E-state index in [0.717, 1.165) is 12.8 Å². The zero-order valence-corrected chi connectivity index (χ0v) is 10.6. The van der Waals surface area contributed by atoms with Crippen LogP contribution in [0.3, 0.4) is 0 Å². The van der Waals surface area contributed by atoms with E-state index in [9.17, 15) is 5.11 Å². The minimum Gasteiger partial charge on any atom is -0.393 e. The molecule has 1 N–H and O–H groups in total. The fraction of sp³-hybridized carbons (Fsp3) is 0.375. The number of allylic oxidation sites excluding steroid dienone is 3. The van der Waals surface area contributed by atoms with Gasteiger partial charge in [0, 0.05) is 5.92 Å². The van der Waals surface area contributed by atoms with Gasteiger partial charge in [-0.05, 0) is 30.9 Å². The maximum Gasteiger partial charge on any atom is 0.0577 e. The Bertz CT molecular complexity index is 426. The van der Waals surface area contributed by atoms with E-state index in [2.05, 4.69) is 43.3 Å². The predicted octanol–water partition coefficient (Wildman–Crippen LogP) is 3.81. The molecular formula is C16H20O. The lowest BCUT2D eigenvalue weighted by Gasteiger charge is -2.19. The minimum absolute atomic E-state index is 0.255. The highest BCUT2D eigenvalue weighted by molar-refractivity contribution is 5.77. The van der Waals surface area contributed by atoms with Crippen molar-refractivity contribution < 1.29 is 5.11 Å². The first kappa shape index (κ1) is 12.1. The predicted molar refractivity (Wildman–Crippen MR) is 72.6 cm³/mol. The first-order chi connectivity index (χ1) is 8.22. The fourth-order valence-corrected chi connectivity index (χ4v) is 2.55. The lowest BCUT2D eigenvalue weighted by molar-refractivity contribution is 0.140. The van der Waals surface area contributed by atoms with Gasteiger partial charge >= 0.3 is 0 Å². The van der Waals surface area contributed by atoms with Gasteiger partial charge in [-0.25, -0.2) is 0 Å². The monoisotopic (exact) mass is 228 g/mol. The van der Waals surface area contributed by atoms with E-state index in [1.807, 2.05) is 13.0 Å². The molecule has 0 heterocycles. The molecule has 2 unspecified atom stereocenters. The first-order valence-electron chi connectivity index (χ1n) is 6.36. The van der Waals surface area contributed by atoms with Crippen LogP contribution < -0.4 is 0 Å². The van der Waals surface area contributed by atoms with Gasteiger partial charge in [0.15, 0.2) is 0 Å². The molecule has 0 radical (unpaired) electrons. The molecule has 1 aromatic rings. The van der Waals surface area contributed by atoms with Crippen LogP contribution in [0, 0.1) is 5.92 Å². The Morgan fingerprint density at radius 3 is 2.53 bits per heavy atom. The summed E-state index contributed by atoms with van der Waals surface area (Å²) in [7, 11) is 0. The molecule has 1 aliphatic rings. The van der Waals surface area contributed by atoms with E-state index in [4.69, 9.17) is 0 Å². The quantitative estimate of drug-likeness (QED) is 0.831. The topological polar surface area (TPSA) is 20.2 Å². The van der Waals surface area contributed by atoms with Crippen molar-refractivity contribution in [3.05, 3.63) is 53.6 Å². The number of aliphatic hydroxyl groups is 1. The van der Waals surface area contributed by atoms with Gasteiger partial charge < -0.3 is 5.11 Å². The summed E-state index contributed by atoms with van der Waals surface area (Å²) in [6.07, 6.45) is 6.23. The van der Waals surface area contributed by atoms with Gasteiger partial charge in [-0.3, -0.25) is 0 Å². The van der Waals surface area contributed by atoms with Crippen molar-refractivity contribution in [3.63, 3.8) is 0 Å². The third-order valence-electron chi connectivity index (χ3n) is 3.50. The van der Waals surface area contributed by atoms with Gasteiger partial charge in [0.1, 0.15) is 0 Å². The van der Waals surface area contributed by atoms with Crippen LogP contribution in [0.2, 0.25) is 0 Å². The summed E-state index contributed by atoms with van der Waals surface area (Å²) in [4.78, 5) is 0. The summed E-state index contributed by atoms with van der Waals surface area (Å²) in [5, 5.41) is 9.77. The molecule has 1 heteroatoms. The Hall–Kier alpha value is -1.34. The third kappa shape index (κ3) is 2.67. The summed E-state index contributed by atoms with van der Waals surface area (Å²) >= 11 is 0. The van der Waals surface area contributed by atoms with Crippen LogP contribution in [0.4, 0.5) is 0 Å². The normalized spacial score (nSPS) is 18.5. The van der Waals surface area contributed by atoms with Crippen LogP contribution in [0.15, 0.2) is 48.1 Å². The number of rotatable bonds is 4. The molecule has 0 spiro atoms. The molecule has 0 bridgehead atoms. The summed E-state index contributed by atoms with van der Waals surface area (Å²) < 4.78 is 0. The van der Waals surface area contributed by atoms with Crippen LogP contribution in [0.5, 0.6) is 0 Å². The molecule has 0 fully saturated rings. The molecule has 1 aromatic carbocycles. The van der Waals surface area contributed by atoms with E-state index >= 15 is 0 Å². The van der Waals surface area contributed by atoms with E-state index in [1.165, 1.54) is 16.7 Å². The Labute approximate surface area is 103 Å². The highest BCUT2D eigenvalue weighted by Crippen LogP contribution is 2.32. The smallest absolute Gasteiger partial charge is 0.0577 e. The fourth-order valence-electron chi connectivity index (χ4n) is 2.55. The van der Waals surface area contributed by atoms with Crippen molar-refractivity contribution in [3.8, 4) is 0 Å². The summed E-state index contributed by atoms with van der Waals surface area (Å²) in [6, 6.07) is 10.4. The summed E-state index contributed by atoms with van der Waals surface area (Å²) in [5.41, 5.74) is 3.92. The van der Waals surface area contributed by atoms with E-state index in [-0.39, 0.29) is 6.10 Å². The average Bonchev–Trinajstić information content (AvgIpc) is 2.80. The standard InChI is InChI=1S/C16H20O/c1-3-16(12(2)17)15-10-9-14(11-15)13-7-5-4-6-8-13/h4-9,11-12,16-17H,3,10H2,1-2H3. The average molecular weight is 228 g/mol. The van der Waals surface area contributed by atoms with Gasteiger partial charge in [-0.1, -0.05) is 55.0 Å². The Morgan fingerprint density at radius 2 is 1.94 bits per heavy atom. The lowest BCUT2D eigenvalue weighted by Crippen LogP contribution is -2.17. The van der Waals surface area contributed by atoms with Crippen molar-refractivity contribution in [2.45, 2.75) is 32.8 Å². The van der Waals surface area contributed by atoms with Crippen LogP contribution in [-0.2, 0) is 0 Å². The van der Waals surface area contributed by atoms with Crippen LogP contribution in [-0.4, -0.2) is 11.2 Å². The Balaban J connectivity index is 2.18. The highest BCUT2D eigenvalue weighted by Gasteiger charge is 2.20. The van der Waals surface area contributed by atoms with Crippen LogP contribution in [0.25, 0.3) is 5.57 Å². The molecule has 1 aliphatic carbocycles. The summed E-state index contributed by atoms with van der Waals surface area (Å²) in [6.45, 7) is 4.02. The number of hydrogen-bond acceptors (Lipinski definition) is 1. The van der Waals surface area contributed by atoms with Gasteiger partial charge in [-0.2, -0.15) is 0 Å². The molecule has 2 atom stereocenters. The molecule has 1 nitrogen and oxygen atoms in total. The summed E-state index contributed by atoms with van der Waals surface area (Å²) in [5.74, 6) is 0.299. The largest absolute Gasteiger partial charge is 0.393 e. The van der Waals surface area contributed by atoms with Crippen molar-refractivity contribution >= 4 is 5.57 Å². The first-order valence-corrected chi connectivity index (χ1v) is 6.36. The molecular weight excluding hydrogens is 208 g/mol. The van der Waals surface area contributed by atoms with Gasteiger partial charge in [0.05, 0.1) is 6.10 Å². The number of benzene rings is 1. The van der Waals surface area contributed by atoms with Gasteiger partial charge in [0.2, 0.25) is 0 Å². The van der Waals surface area contributed by atoms with E-state index < -0.39 is 0 Å². The lowest BCUT2D eigenvalue weighted by atomic mass is 9.90. The second-order valence-electron chi connectivity index (χ2n) is 4.70. The van der Waals surface area contributed by atoms with Crippen molar-refractivity contribution in [2.24, 2.45) is 5.92 Å². The highest BCUT2D eigenvalue weighted by atomic mass is 16.3. The zero-order valence-electron chi connectivity index (χ0n) is 10.6. The molecule has 0 aliphatic heterocycles. The SMILES string of the molecule is CCC(C1=CC(c2ccccc2)=CC1)C(C)O. The zero-order chi connectivity index (χ0) is 12.3. The molecule has 0 aromatic heterocycles. The molecule has 0 amide bonds. The van der Waals surface area contributed by atoms with E-state index in [1.54, 1.807) is 0 Å². The maximum absolute atomic E-state index is 9.77. The minimum atomic E-state index is -0.255. The van der Waals surface area contributed by atoms with Crippen molar-refractivity contribution in [1.82, 2.24) is 0 Å². The third-order valence-corrected chi connectivity index (χ3v) is 3.50. The second kappa shape index (κ2) is 5.33. The van der Waals surface area contributed by atoms with Crippen molar-refractivity contribution in [1.29, 1.82) is 0 Å².